The van der Waals surface area contributed by atoms with Crippen LogP contribution in [0.1, 0.15) is 29.7 Å². The van der Waals surface area contributed by atoms with E-state index in [1.165, 1.54) is 4.57 Å². The molecule has 0 spiro atoms. The van der Waals surface area contributed by atoms with Crippen molar-refractivity contribution in [1.29, 1.82) is 0 Å². The van der Waals surface area contributed by atoms with E-state index < -0.39 is 17.5 Å². The van der Waals surface area contributed by atoms with Crippen molar-refractivity contribution in [3.8, 4) is 5.88 Å². The number of pyridine rings is 2. The first-order valence-electron chi connectivity index (χ1n) is 9.80. The molecule has 4 aromatic heterocycles. The first-order chi connectivity index (χ1) is 15.6. The van der Waals surface area contributed by atoms with Gasteiger partial charge in [0.05, 0.1) is 12.5 Å². The fraction of sp³-hybridized carbons (Fsp3) is 0.136. The molecule has 1 atom stereocenters. The van der Waals surface area contributed by atoms with E-state index in [1.54, 1.807) is 62.1 Å². The number of carbonyl (C=O) groups excluding carboxylic acids is 1. The molecule has 10 nitrogen and oxygen atoms in total. The first kappa shape index (κ1) is 19.5. The predicted octanol–water partition coefficient (Wildman–Crippen LogP) is 0.479. The standard InChI is InChI=1S/C22H17N5O5/c1-2-30-21(29)16-15(13-6-4-8-25-11-13)17-19(32-22(23)26-17)27-14(20(28)31-18(16)27)9-12-5-3-7-24-10-12/h3-11,15H,2H2,1H3,(H2,23,26)/b14-9+/t15-/m0/s1. The van der Waals surface area contributed by atoms with Crippen molar-refractivity contribution >= 4 is 23.6 Å². The third-order valence-electron chi connectivity index (χ3n) is 4.99. The number of aromatic nitrogens is 4. The Hall–Kier alpha value is -4.47. The van der Waals surface area contributed by atoms with Crippen LogP contribution in [0.3, 0.4) is 0 Å². The van der Waals surface area contributed by atoms with Crippen LogP contribution in [0.25, 0.3) is 17.5 Å². The summed E-state index contributed by atoms with van der Waals surface area (Å²) in [6.45, 7) is 1.83. The quantitative estimate of drug-likeness (QED) is 0.457. The van der Waals surface area contributed by atoms with E-state index in [-0.39, 0.29) is 35.0 Å². The number of ether oxygens (including phenoxy) is 1. The van der Waals surface area contributed by atoms with Gasteiger partial charge in [-0.3, -0.25) is 9.97 Å². The molecule has 4 aromatic rings. The van der Waals surface area contributed by atoms with Crippen molar-refractivity contribution in [3.63, 3.8) is 0 Å². The van der Waals surface area contributed by atoms with E-state index in [2.05, 4.69) is 15.0 Å². The maximum absolute atomic E-state index is 13.1. The Morgan fingerprint density at radius 3 is 2.69 bits per heavy atom. The van der Waals surface area contributed by atoms with Crippen LogP contribution >= 0.6 is 0 Å². The highest BCUT2D eigenvalue weighted by Crippen LogP contribution is 2.38. The van der Waals surface area contributed by atoms with Crippen molar-refractivity contribution in [2.24, 2.45) is 0 Å². The molecule has 5 heterocycles. The van der Waals surface area contributed by atoms with Gasteiger partial charge < -0.3 is 19.3 Å². The summed E-state index contributed by atoms with van der Waals surface area (Å²) in [5.41, 5.74) is 6.94. The number of nitrogen functional groups attached to an aromatic ring is 1. The van der Waals surface area contributed by atoms with Crippen LogP contribution in [0.15, 0.2) is 62.7 Å². The lowest BCUT2D eigenvalue weighted by atomic mass is 9.88. The number of nitrogens with zero attached hydrogens (tertiary/aromatic N) is 4. The third kappa shape index (κ3) is 3.09. The Bertz CT molecular complexity index is 1490. The van der Waals surface area contributed by atoms with E-state index in [1.807, 2.05) is 0 Å². The zero-order valence-corrected chi connectivity index (χ0v) is 16.9. The number of oxazole rings is 2. The molecule has 1 aliphatic heterocycles. The summed E-state index contributed by atoms with van der Waals surface area (Å²) in [6, 6.07) is 6.91. The van der Waals surface area contributed by atoms with Gasteiger partial charge in [0.2, 0.25) is 11.4 Å². The van der Waals surface area contributed by atoms with Gasteiger partial charge in [0.25, 0.3) is 6.01 Å². The first-order valence-corrected chi connectivity index (χ1v) is 9.80. The van der Waals surface area contributed by atoms with E-state index in [4.69, 9.17) is 19.3 Å². The highest BCUT2D eigenvalue weighted by molar-refractivity contribution is 6.12. The van der Waals surface area contributed by atoms with Crippen molar-refractivity contribution < 1.29 is 18.4 Å². The van der Waals surface area contributed by atoms with Gasteiger partial charge in [-0.15, -0.1) is 0 Å². The number of anilines is 1. The topological polar surface area (TPSA) is 139 Å². The smallest absolute Gasteiger partial charge is 0.362 e. The normalized spacial score (nSPS) is 15.3. The maximum Gasteiger partial charge on any atom is 0.362 e. The third-order valence-corrected chi connectivity index (χ3v) is 4.99. The van der Waals surface area contributed by atoms with Gasteiger partial charge in [-0.2, -0.15) is 4.98 Å². The van der Waals surface area contributed by atoms with E-state index >= 15 is 0 Å². The van der Waals surface area contributed by atoms with E-state index in [0.29, 0.717) is 16.8 Å². The predicted molar refractivity (Wildman–Crippen MR) is 112 cm³/mol. The van der Waals surface area contributed by atoms with Gasteiger partial charge in [-0.25, -0.2) is 14.2 Å². The number of esters is 1. The maximum atomic E-state index is 13.1. The van der Waals surface area contributed by atoms with Gasteiger partial charge in [-0.1, -0.05) is 12.1 Å². The van der Waals surface area contributed by atoms with Crippen LogP contribution in [0.2, 0.25) is 0 Å². The van der Waals surface area contributed by atoms with E-state index in [0.717, 1.165) is 0 Å². The van der Waals surface area contributed by atoms with Crippen molar-refractivity contribution in [2.45, 2.75) is 12.8 Å². The second-order valence-corrected chi connectivity index (χ2v) is 6.94. The zero-order chi connectivity index (χ0) is 22.2. The highest BCUT2D eigenvalue weighted by atomic mass is 16.5. The SMILES string of the molecule is CCOC(=O)C1=c2oc(=O)/c(=C\c3cccnc3)n2-c2oc(N)nc2[C@H]1c1cccnc1. The number of fused-ring (bicyclic) bond motifs is 3. The van der Waals surface area contributed by atoms with Crippen LogP contribution in [0.5, 0.6) is 0 Å². The lowest BCUT2D eigenvalue weighted by Crippen LogP contribution is -2.37. The van der Waals surface area contributed by atoms with Crippen LogP contribution in [-0.4, -0.2) is 32.1 Å². The molecule has 0 saturated carbocycles. The molecule has 160 valence electrons. The number of hydrogen-bond acceptors (Lipinski definition) is 9. The average Bonchev–Trinajstić information content (AvgIpc) is 3.33. The van der Waals surface area contributed by atoms with Crippen LogP contribution in [-0.2, 0) is 9.53 Å². The van der Waals surface area contributed by atoms with Gasteiger partial charge >= 0.3 is 11.6 Å². The molecule has 0 unspecified atom stereocenters. The fourth-order valence-electron chi connectivity index (χ4n) is 3.74. The van der Waals surface area contributed by atoms with Crippen LogP contribution in [0, 0.1) is 0 Å². The summed E-state index contributed by atoms with van der Waals surface area (Å²) < 4.78 is 17.9. The van der Waals surface area contributed by atoms with Crippen LogP contribution in [0.4, 0.5) is 6.01 Å². The molecule has 0 saturated heterocycles. The molecule has 5 rings (SSSR count). The molecule has 1 aliphatic rings. The summed E-state index contributed by atoms with van der Waals surface area (Å²) in [4.78, 5) is 38.5. The molecule has 10 heteroatoms. The number of hydrogen-bond donors (Lipinski definition) is 1. The minimum absolute atomic E-state index is 0.0129. The lowest BCUT2D eigenvalue weighted by Gasteiger charge is -2.21. The Morgan fingerprint density at radius 1 is 1.22 bits per heavy atom. The van der Waals surface area contributed by atoms with Gasteiger partial charge in [0, 0.05) is 24.8 Å². The van der Waals surface area contributed by atoms with Gasteiger partial charge in [0.1, 0.15) is 16.6 Å². The zero-order valence-electron chi connectivity index (χ0n) is 16.9. The minimum Gasteiger partial charge on any atom is -0.462 e. The minimum atomic E-state index is -0.754. The number of rotatable bonds is 4. The largest absolute Gasteiger partial charge is 0.462 e. The summed E-state index contributed by atoms with van der Waals surface area (Å²) >= 11 is 0. The molecular weight excluding hydrogens is 414 g/mol. The summed E-state index contributed by atoms with van der Waals surface area (Å²) in [7, 11) is 0. The second kappa shape index (κ2) is 7.65. The van der Waals surface area contributed by atoms with Crippen molar-refractivity contribution in [3.05, 3.63) is 87.2 Å². The van der Waals surface area contributed by atoms with Gasteiger partial charge in [0.15, 0.2) is 0 Å². The van der Waals surface area contributed by atoms with Crippen molar-refractivity contribution in [2.75, 3.05) is 12.3 Å². The van der Waals surface area contributed by atoms with Gasteiger partial charge in [-0.05, 0) is 36.3 Å². The summed E-state index contributed by atoms with van der Waals surface area (Å²) in [5, 5.41) is 0.122. The van der Waals surface area contributed by atoms with E-state index in [9.17, 15) is 9.59 Å². The highest BCUT2D eigenvalue weighted by Gasteiger charge is 2.39. The molecular formula is C22H17N5O5. The van der Waals surface area contributed by atoms with Crippen molar-refractivity contribution in [1.82, 2.24) is 19.5 Å². The Balaban J connectivity index is 1.92. The molecule has 0 aromatic carbocycles. The Kier molecular flexibility index (Phi) is 4.66. The summed E-state index contributed by atoms with van der Waals surface area (Å²) in [5.74, 6) is -1.22. The van der Waals surface area contributed by atoms with Crippen LogP contribution < -0.4 is 22.3 Å². The molecule has 0 amide bonds. The molecule has 0 fully saturated rings. The molecule has 32 heavy (non-hydrogen) atoms. The number of carbonyl (C=O) groups is 1. The fourth-order valence-corrected chi connectivity index (χ4v) is 3.74. The number of nitrogens with two attached hydrogens (primary N) is 1. The average molecular weight is 431 g/mol. The molecule has 0 aliphatic carbocycles. The monoisotopic (exact) mass is 431 g/mol. The molecule has 0 bridgehead atoms. The second-order valence-electron chi connectivity index (χ2n) is 6.94. The Labute approximate surface area is 180 Å². The summed E-state index contributed by atoms with van der Waals surface area (Å²) in [6.07, 6.45) is 7.99. The molecule has 0 radical (unpaired) electrons. The Morgan fingerprint density at radius 2 is 2.00 bits per heavy atom. The molecule has 2 N–H and O–H groups in total. The lowest BCUT2D eigenvalue weighted by molar-refractivity contribution is -0.136.